The van der Waals surface area contributed by atoms with Gasteiger partial charge in [-0.05, 0) is 48.6 Å². The lowest BCUT2D eigenvalue weighted by molar-refractivity contribution is 0.0942. The minimum absolute atomic E-state index is 0.0617. The van der Waals surface area contributed by atoms with Crippen LogP contribution in [0, 0.1) is 0 Å². The average Bonchev–Trinajstić information content (AvgIpc) is 2.61. The van der Waals surface area contributed by atoms with Crippen molar-refractivity contribution < 1.29 is 4.79 Å². The van der Waals surface area contributed by atoms with Crippen LogP contribution in [0.2, 0.25) is 0 Å². The van der Waals surface area contributed by atoms with E-state index < -0.39 is 0 Å². The number of hydrogen-bond donors (Lipinski definition) is 1. The molecule has 3 aromatic rings. The van der Waals surface area contributed by atoms with Crippen molar-refractivity contribution >= 4 is 32.6 Å². The van der Waals surface area contributed by atoms with E-state index in [2.05, 4.69) is 62.5 Å². The molecule has 0 bridgehead atoms. The Morgan fingerprint density at radius 3 is 2.52 bits per heavy atom. The number of carbonyl (C=O) groups excluding carboxylic acids is 1. The first kappa shape index (κ1) is 17.6. The maximum Gasteiger partial charge on any atom is 0.251 e. The Morgan fingerprint density at radius 2 is 1.76 bits per heavy atom. The molecule has 1 N–H and O–H groups in total. The van der Waals surface area contributed by atoms with Crippen molar-refractivity contribution in [1.29, 1.82) is 0 Å². The highest BCUT2D eigenvalue weighted by molar-refractivity contribution is 9.10. The van der Waals surface area contributed by atoms with Crippen LogP contribution in [0.5, 0.6) is 0 Å². The predicted octanol–water partition coefficient (Wildman–Crippen LogP) is 4.64. The fourth-order valence-corrected chi connectivity index (χ4v) is 3.43. The van der Waals surface area contributed by atoms with Gasteiger partial charge < -0.3 is 10.2 Å². The van der Waals surface area contributed by atoms with E-state index in [1.54, 1.807) is 0 Å². The molecule has 0 aromatic heterocycles. The minimum Gasteiger partial charge on any atom is -0.350 e. The summed E-state index contributed by atoms with van der Waals surface area (Å²) in [5, 5.41) is 5.51. The summed E-state index contributed by atoms with van der Waals surface area (Å²) in [7, 11) is 4.08. The van der Waals surface area contributed by atoms with Gasteiger partial charge in [0.15, 0.2) is 0 Å². The van der Waals surface area contributed by atoms with Crippen molar-refractivity contribution in [3.63, 3.8) is 0 Å². The van der Waals surface area contributed by atoms with Crippen LogP contribution in [0.15, 0.2) is 71.2 Å². The third-order valence-electron chi connectivity index (χ3n) is 4.35. The Labute approximate surface area is 156 Å². The lowest BCUT2D eigenvalue weighted by Crippen LogP contribution is -2.34. The first-order valence-corrected chi connectivity index (χ1v) is 9.03. The number of halogens is 1. The Morgan fingerprint density at radius 1 is 1.04 bits per heavy atom. The van der Waals surface area contributed by atoms with E-state index in [0.717, 1.165) is 4.47 Å². The van der Waals surface area contributed by atoms with E-state index in [-0.39, 0.29) is 11.9 Å². The molecule has 0 aliphatic carbocycles. The summed E-state index contributed by atoms with van der Waals surface area (Å²) in [5.74, 6) is -0.0617. The molecule has 1 atom stereocenters. The fraction of sp³-hybridized carbons (Fsp3) is 0.190. The number of hydrogen-bond acceptors (Lipinski definition) is 2. The molecular weight excluding hydrogens is 376 g/mol. The molecule has 0 aliphatic heterocycles. The van der Waals surface area contributed by atoms with Gasteiger partial charge in [-0.15, -0.1) is 0 Å². The van der Waals surface area contributed by atoms with Gasteiger partial charge in [-0.2, -0.15) is 0 Å². The van der Waals surface area contributed by atoms with Crippen LogP contribution in [-0.4, -0.2) is 31.4 Å². The Hall–Kier alpha value is -2.17. The summed E-state index contributed by atoms with van der Waals surface area (Å²) < 4.78 is 0.901. The summed E-state index contributed by atoms with van der Waals surface area (Å²) >= 11 is 3.41. The molecule has 0 heterocycles. The van der Waals surface area contributed by atoms with Crippen LogP contribution in [-0.2, 0) is 0 Å². The highest BCUT2D eigenvalue weighted by Crippen LogP contribution is 2.26. The number of carbonyl (C=O) groups is 1. The molecule has 1 amide bonds. The molecule has 128 valence electrons. The number of amides is 1. The maximum atomic E-state index is 12.5. The Balaban J connectivity index is 1.83. The van der Waals surface area contributed by atoms with Gasteiger partial charge in [0.2, 0.25) is 0 Å². The van der Waals surface area contributed by atoms with E-state index in [0.29, 0.717) is 12.1 Å². The third kappa shape index (κ3) is 4.09. The van der Waals surface area contributed by atoms with E-state index in [1.807, 2.05) is 44.4 Å². The topological polar surface area (TPSA) is 32.3 Å². The normalized spacial score (nSPS) is 12.3. The van der Waals surface area contributed by atoms with Gasteiger partial charge in [-0.25, -0.2) is 0 Å². The molecule has 0 unspecified atom stereocenters. The fourth-order valence-electron chi connectivity index (χ4n) is 3.03. The lowest BCUT2D eigenvalue weighted by Gasteiger charge is -2.26. The van der Waals surface area contributed by atoms with Crippen molar-refractivity contribution in [2.45, 2.75) is 6.04 Å². The summed E-state index contributed by atoms with van der Waals surface area (Å²) in [6.45, 7) is 0.548. The maximum absolute atomic E-state index is 12.5. The van der Waals surface area contributed by atoms with Gasteiger partial charge in [-0.1, -0.05) is 64.5 Å². The second-order valence-electron chi connectivity index (χ2n) is 6.27. The van der Waals surface area contributed by atoms with Crippen LogP contribution in [0.1, 0.15) is 22.0 Å². The second-order valence-corrected chi connectivity index (χ2v) is 7.18. The third-order valence-corrected chi connectivity index (χ3v) is 4.84. The van der Waals surface area contributed by atoms with Gasteiger partial charge in [0, 0.05) is 16.6 Å². The number of likely N-dealkylation sites (N-methyl/N-ethyl adjacent to an activating group) is 1. The van der Waals surface area contributed by atoms with Gasteiger partial charge in [0.1, 0.15) is 0 Å². The SMILES string of the molecule is CN(C)[C@H](CNC(=O)c1cccc(Br)c1)c1cccc2ccccc12. The molecular formula is C21H21BrN2O. The average molecular weight is 397 g/mol. The van der Waals surface area contributed by atoms with E-state index in [1.165, 1.54) is 16.3 Å². The molecule has 3 aromatic carbocycles. The lowest BCUT2D eigenvalue weighted by atomic mass is 9.98. The first-order chi connectivity index (χ1) is 12.1. The number of rotatable bonds is 5. The summed E-state index contributed by atoms with van der Waals surface area (Å²) in [6.07, 6.45) is 0. The Kier molecular flexibility index (Phi) is 5.51. The van der Waals surface area contributed by atoms with Crippen LogP contribution in [0.3, 0.4) is 0 Å². The zero-order valence-corrected chi connectivity index (χ0v) is 16.0. The predicted molar refractivity (Wildman–Crippen MR) is 107 cm³/mol. The number of benzene rings is 3. The summed E-state index contributed by atoms with van der Waals surface area (Å²) in [5.41, 5.74) is 1.88. The van der Waals surface area contributed by atoms with Crippen molar-refractivity contribution in [3.05, 3.63) is 82.3 Å². The molecule has 0 spiro atoms. The van der Waals surface area contributed by atoms with Crippen LogP contribution in [0.4, 0.5) is 0 Å². The molecule has 0 saturated carbocycles. The highest BCUT2D eigenvalue weighted by atomic mass is 79.9. The van der Waals surface area contributed by atoms with E-state index in [4.69, 9.17) is 0 Å². The number of nitrogens with zero attached hydrogens (tertiary/aromatic N) is 1. The largest absolute Gasteiger partial charge is 0.350 e. The first-order valence-electron chi connectivity index (χ1n) is 8.24. The molecule has 3 nitrogen and oxygen atoms in total. The molecule has 0 radical (unpaired) electrons. The molecule has 0 saturated heterocycles. The number of fused-ring (bicyclic) bond motifs is 1. The van der Waals surface area contributed by atoms with Crippen molar-refractivity contribution in [3.8, 4) is 0 Å². The summed E-state index contributed by atoms with van der Waals surface area (Å²) in [4.78, 5) is 14.6. The van der Waals surface area contributed by atoms with Crippen LogP contribution < -0.4 is 5.32 Å². The smallest absolute Gasteiger partial charge is 0.251 e. The Bertz CT molecular complexity index is 886. The van der Waals surface area contributed by atoms with E-state index in [9.17, 15) is 4.79 Å². The van der Waals surface area contributed by atoms with Gasteiger partial charge in [0.05, 0.1) is 6.04 Å². The zero-order chi connectivity index (χ0) is 17.8. The van der Waals surface area contributed by atoms with Gasteiger partial charge in [-0.3, -0.25) is 4.79 Å². The molecule has 4 heteroatoms. The zero-order valence-electron chi connectivity index (χ0n) is 14.4. The van der Waals surface area contributed by atoms with Gasteiger partial charge >= 0.3 is 0 Å². The molecule has 0 aliphatic rings. The monoisotopic (exact) mass is 396 g/mol. The quantitative estimate of drug-likeness (QED) is 0.681. The number of nitrogens with one attached hydrogen (secondary N) is 1. The molecule has 0 fully saturated rings. The van der Waals surface area contributed by atoms with Crippen LogP contribution >= 0.6 is 15.9 Å². The van der Waals surface area contributed by atoms with E-state index >= 15 is 0 Å². The van der Waals surface area contributed by atoms with Crippen molar-refractivity contribution in [2.24, 2.45) is 0 Å². The van der Waals surface area contributed by atoms with Crippen molar-refractivity contribution in [2.75, 3.05) is 20.6 Å². The molecule has 25 heavy (non-hydrogen) atoms. The highest BCUT2D eigenvalue weighted by Gasteiger charge is 2.18. The molecule has 3 rings (SSSR count). The standard InChI is InChI=1S/C21H21BrN2O/c1-24(2)20(14-23-21(25)16-9-5-10-17(22)13-16)19-12-6-8-15-7-3-4-11-18(15)19/h3-13,20H,14H2,1-2H3,(H,23,25)/t20-/m1/s1. The minimum atomic E-state index is -0.0617. The van der Waals surface area contributed by atoms with Crippen molar-refractivity contribution in [1.82, 2.24) is 10.2 Å². The summed E-state index contributed by atoms with van der Waals surface area (Å²) in [6, 6.07) is 22.2. The second kappa shape index (κ2) is 7.81. The van der Waals surface area contributed by atoms with Crippen LogP contribution in [0.25, 0.3) is 10.8 Å². The van der Waals surface area contributed by atoms with Gasteiger partial charge in [0.25, 0.3) is 5.91 Å².